The summed E-state index contributed by atoms with van der Waals surface area (Å²) in [5.41, 5.74) is 3.26. The largest absolute Gasteiger partial charge is 0.490 e. The van der Waals surface area contributed by atoms with Gasteiger partial charge in [0, 0.05) is 5.56 Å². The highest BCUT2D eigenvalue weighted by atomic mass is 35.5. The fraction of sp³-hybridized carbons (Fsp3) is 0.304. The third kappa shape index (κ3) is 7.93. The van der Waals surface area contributed by atoms with E-state index >= 15 is 0 Å². The number of carbonyl (C=O) groups excluding carboxylic acids is 2. The van der Waals surface area contributed by atoms with E-state index in [1.807, 2.05) is 0 Å². The van der Waals surface area contributed by atoms with Gasteiger partial charge < -0.3 is 19.9 Å². The summed E-state index contributed by atoms with van der Waals surface area (Å²) >= 11 is 11.8. The van der Waals surface area contributed by atoms with Gasteiger partial charge in [-0.1, -0.05) is 37.0 Å². The molecule has 0 aliphatic carbocycles. The number of halogens is 2. The molecule has 0 aromatic heterocycles. The van der Waals surface area contributed by atoms with Crippen LogP contribution in [0.5, 0.6) is 11.5 Å². The number of benzene rings is 2. The van der Waals surface area contributed by atoms with E-state index in [4.69, 9.17) is 37.8 Å². The van der Waals surface area contributed by atoms with Crippen molar-refractivity contribution in [2.75, 3.05) is 13.2 Å². The second-order valence-corrected chi connectivity index (χ2v) is 8.19. The van der Waals surface area contributed by atoms with Gasteiger partial charge in [0.15, 0.2) is 18.1 Å². The van der Waals surface area contributed by atoms with Gasteiger partial charge >= 0.3 is 5.97 Å². The molecule has 0 spiro atoms. The zero-order chi connectivity index (χ0) is 25.3. The maximum Gasteiger partial charge on any atom is 0.341 e. The van der Waals surface area contributed by atoms with Crippen LogP contribution in [-0.2, 0) is 9.59 Å². The number of carbonyl (C=O) groups is 3. The lowest BCUT2D eigenvalue weighted by Gasteiger charge is -2.20. The van der Waals surface area contributed by atoms with E-state index in [9.17, 15) is 14.4 Å². The van der Waals surface area contributed by atoms with Gasteiger partial charge in [0.25, 0.3) is 11.8 Å². The fourth-order valence-electron chi connectivity index (χ4n) is 2.77. The number of carboxylic acid groups (broad SMARTS) is 1. The van der Waals surface area contributed by atoms with Crippen LogP contribution in [0, 0.1) is 5.92 Å². The Morgan fingerprint density at radius 3 is 2.41 bits per heavy atom. The number of nitrogens with one attached hydrogen (secondary N) is 2. The second kappa shape index (κ2) is 12.8. The highest BCUT2D eigenvalue weighted by Gasteiger charge is 2.24. The maximum atomic E-state index is 12.6. The second-order valence-electron chi connectivity index (χ2n) is 7.38. The summed E-state index contributed by atoms with van der Waals surface area (Å²) in [6.07, 6.45) is 1.39. The van der Waals surface area contributed by atoms with Gasteiger partial charge in [-0.25, -0.2) is 10.2 Å². The first-order valence-corrected chi connectivity index (χ1v) is 11.1. The molecule has 2 aromatic carbocycles. The quantitative estimate of drug-likeness (QED) is 0.312. The van der Waals surface area contributed by atoms with Crippen molar-refractivity contribution < 1.29 is 29.0 Å². The number of hydrogen-bond acceptors (Lipinski definition) is 6. The first kappa shape index (κ1) is 26.9. The zero-order valence-electron chi connectivity index (χ0n) is 18.8. The predicted octanol–water partition coefficient (Wildman–Crippen LogP) is 3.76. The zero-order valence-corrected chi connectivity index (χ0v) is 20.3. The molecule has 3 N–H and O–H groups in total. The van der Waals surface area contributed by atoms with E-state index in [2.05, 4.69) is 15.8 Å². The third-order valence-electron chi connectivity index (χ3n) is 4.42. The standard InChI is InChI=1S/C23H25Cl2N3O6/c1-4-33-19-9-14(5-8-18(19)34-12-20(29)30)11-26-28-23(32)21(13(2)3)27-22(31)15-6-7-16(24)17(25)10-15/h5-11,13,21H,4,12H2,1-3H3,(H,27,31)(H,28,32)(H,29,30)/b26-11+. The van der Waals surface area contributed by atoms with Gasteiger partial charge in [-0.3, -0.25) is 9.59 Å². The number of hydrogen-bond donors (Lipinski definition) is 3. The summed E-state index contributed by atoms with van der Waals surface area (Å²) in [4.78, 5) is 35.9. The van der Waals surface area contributed by atoms with Gasteiger partial charge in [-0.15, -0.1) is 0 Å². The van der Waals surface area contributed by atoms with Crippen LogP contribution in [0.1, 0.15) is 36.7 Å². The SMILES string of the molecule is CCOc1cc(/C=N/NC(=O)C(NC(=O)c2ccc(Cl)c(Cl)c2)C(C)C)ccc1OCC(=O)O. The van der Waals surface area contributed by atoms with Crippen molar-refractivity contribution in [3.8, 4) is 11.5 Å². The summed E-state index contributed by atoms with van der Waals surface area (Å²) in [5, 5.41) is 16.0. The molecule has 0 saturated heterocycles. The van der Waals surface area contributed by atoms with Crippen molar-refractivity contribution in [2.45, 2.75) is 26.8 Å². The fourth-order valence-corrected chi connectivity index (χ4v) is 3.07. The lowest BCUT2D eigenvalue weighted by Crippen LogP contribution is -2.48. The molecule has 1 unspecified atom stereocenters. The minimum absolute atomic E-state index is 0.225. The molecule has 0 bridgehead atoms. The average Bonchev–Trinajstić information content (AvgIpc) is 2.78. The van der Waals surface area contributed by atoms with E-state index < -0.39 is 30.4 Å². The molecule has 2 amide bonds. The Balaban J connectivity index is 2.06. The Morgan fingerprint density at radius 1 is 1.06 bits per heavy atom. The summed E-state index contributed by atoms with van der Waals surface area (Å²) in [7, 11) is 0. The number of rotatable bonds is 11. The normalized spacial score (nSPS) is 11.8. The minimum atomic E-state index is -1.11. The van der Waals surface area contributed by atoms with E-state index in [1.165, 1.54) is 24.4 Å². The summed E-state index contributed by atoms with van der Waals surface area (Å²) in [6, 6.07) is 8.35. The molecule has 0 heterocycles. The van der Waals surface area contributed by atoms with Crippen LogP contribution in [0.15, 0.2) is 41.5 Å². The lowest BCUT2D eigenvalue weighted by molar-refractivity contribution is -0.139. The van der Waals surface area contributed by atoms with Gasteiger partial charge in [0.1, 0.15) is 6.04 Å². The predicted molar refractivity (Wildman–Crippen MR) is 129 cm³/mol. The van der Waals surface area contributed by atoms with Crippen LogP contribution in [0.4, 0.5) is 0 Å². The first-order valence-electron chi connectivity index (χ1n) is 10.3. The molecule has 0 saturated carbocycles. The van der Waals surface area contributed by atoms with Crippen LogP contribution < -0.4 is 20.2 Å². The van der Waals surface area contributed by atoms with E-state index in [0.29, 0.717) is 22.9 Å². The molecular weight excluding hydrogens is 485 g/mol. The minimum Gasteiger partial charge on any atom is -0.490 e. The van der Waals surface area contributed by atoms with Crippen LogP contribution in [0.3, 0.4) is 0 Å². The molecule has 182 valence electrons. The van der Waals surface area contributed by atoms with Crippen molar-refractivity contribution in [2.24, 2.45) is 11.0 Å². The first-order chi connectivity index (χ1) is 16.1. The lowest BCUT2D eigenvalue weighted by atomic mass is 10.0. The molecule has 2 aromatic rings. The number of amides is 2. The summed E-state index contributed by atoms with van der Waals surface area (Å²) in [5.74, 6) is -1.71. The van der Waals surface area contributed by atoms with E-state index in [1.54, 1.807) is 39.0 Å². The van der Waals surface area contributed by atoms with Crippen molar-refractivity contribution in [1.82, 2.24) is 10.7 Å². The molecule has 1 atom stereocenters. The molecule has 0 fully saturated rings. The van der Waals surface area contributed by atoms with E-state index in [-0.39, 0.29) is 22.3 Å². The number of hydrazone groups is 1. The molecule has 11 heteroatoms. The molecule has 34 heavy (non-hydrogen) atoms. The molecule has 0 aliphatic heterocycles. The van der Waals surface area contributed by atoms with Crippen molar-refractivity contribution in [1.29, 1.82) is 0 Å². The Kier molecular flexibility index (Phi) is 10.2. The summed E-state index contributed by atoms with van der Waals surface area (Å²) < 4.78 is 10.7. The van der Waals surface area contributed by atoms with Crippen LogP contribution >= 0.6 is 23.2 Å². The van der Waals surface area contributed by atoms with Gasteiger partial charge in [-0.05, 0) is 54.8 Å². The van der Waals surface area contributed by atoms with Crippen LogP contribution in [0.25, 0.3) is 0 Å². The van der Waals surface area contributed by atoms with E-state index in [0.717, 1.165) is 0 Å². The van der Waals surface area contributed by atoms with Gasteiger partial charge in [-0.2, -0.15) is 5.10 Å². The summed E-state index contributed by atoms with van der Waals surface area (Å²) in [6.45, 7) is 5.18. The highest BCUT2D eigenvalue weighted by Crippen LogP contribution is 2.28. The number of aliphatic carboxylic acids is 1. The smallest absolute Gasteiger partial charge is 0.341 e. The highest BCUT2D eigenvalue weighted by molar-refractivity contribution is 6.42. The van der Waals surface area contributed by atoms with Gasteiger partial charge in [0.2, 0.25) is 0 Å². The Bertz CT molecular complexity index is 1070. The topological polar surface area (TPSA) is 126 Å². The Morgan fingerprint density at radius 2 is 1.79 bits per heavy atom. The molecule has 2 rings (SSSR count). The number of carboxylic acids is 1. The number of ether oxygens (including phenoxy) is 2. The Hall–Kier alpha value is -3.30. The monoisotopic (exact) mass is 509 g/mol. The van der Waals surface area contributed by atoms with Crippen LogP contribution in [-0.4, -0.2) is 48.4 Å². The maximum absolute atomic E-state index is 12.6. The Labute approximate surface area is 207 Å². The molecule has 0 aliphatic rings. The number of nitrogens with zero attached hydrogens (tertiary/aromatic N) is 1. The van der Waals surface area contributed by atoms with Crippen molar-refractivity contribution >= 4 is 47.2 Å². The third-order valence-corrected chi connectivity index (χ3v) is 5.16. The average molecular weight is 510 g/mol. The van der Waals surface area contributed by atoms with Crippen LogP contribution in [0.2, 0.25) is 10.0 Å². The van der Waals surface area contributed by atoms with Gasteiger partial charge in [0.05, 0.1) is 22.9 Å². The molecular formula is C23H25Cl2N3O6. The molecule has 9 nitrogen and oxygen atoms in total. The van der Waals surface area contributed by atoms with Crippen molar-refractivity contribution in [3.63, 3.8) is 0 Å². The molecule has 0 radical (unpaired) electrons. The van der Waals surface area contributed by atoms with Crippen molar-refractivity contribution in [3.05, 3.63) is 57.6 Å².